The Labute approximate surface area is 110 Å². The second-order valence-corrected chi connectivity index (χ2v) is 5.56. The zero-order valence-corrected chi connectivity index (χ0v) is 11.9. The Kier molecular flexibility index (Phi) is 6.33. The van der Waals surface area contributed by atoms with E-state index in [-0.39, 0.29) is 23.5 Å². The minimum atomic E-state index is -0.0874. The molecular formula is C14H26N2O2. The van der Waals surface area contributed by atoms with Gasteiger partial charge in [0.2, 0.25) is 5.91 Å². The van der Waals surface area contributed by atoms with Crippen LogP contribution >= 0.6 is 0 Å². The summed E-state index contributed by atoms with van der Waals surface area (Å²) in [4.78, 5) is 25.7. The van der Waals surface area contributed by atoms with Crippen LogP contribution in [0.4, 0.5) is 0 Å². The van der Waals surface area contributed by atoms with Crippen LogP contribution in [0.25, 0.3) is 0 Å². The maximum Gasteiger partial charge on any atom is 0.223 e. The van der Waals surface area contributed by atoms with Gasteiger partial charge in [-0.05, 0) is 46.8 Å². The largest absolute Gasteiger partial charge is 0.356 e. The Morgan fingerprint density at radius 3 is 2.33 bits per heavy atom. The molecule has 0 aromatic rings. The van der Waals surface area contributed by atoms with Gasteiger partial charge in [0.05, 0.1) is 0 Å². The van der Waals surface area contributed by atoms with Gasteiger partial charge in [-0.1, -0.05) is 12.8 Å². The quantitative estimate of drug-likeness (QED) is 0.730. The van der Waals surface area contributed by atoms with E-state index in [0.717, 1.165) is 38.6 Å². The first kappa shape index (κ1) is 15.2. The van der Waals surface area contributed by atoms with Crippen LogP contribution in [0.2, 0.25) is 0 Å². The number of carbonyl (C=O) groups is 2. The van der Waals surface area contributed by atoms with Crippen molar-refractivity contribution in [3.8, 4) is 0 Å². The average molecular weight is 254 g/mol. The van der Waals surface area contributed by atoms with E-state index >= 15 is 0 Å². The van der Waals surface area contributed by atoms with Crippen LogP contribution in [0.5, 0.6) is 0 Å². The molecule has 0 radical (unpaired) electrons. The molecule has 0 aliphatic heterocycles. The van der Waals surface area contributed by atoms with Gasteiger partial charge in [0, 0.05) is 18.4 Å². The van der Waals surface area contributed by atoms with Gasteiger partial charge in [0.25, 0.3) is 0 Å². The van der Waals surface area contributed by atoms with Gasteiger partial charge >= 0.3 is 0 Å². The van der Waals surface area contributed by atoms with Crippen molar-refractivity contribution in [2.24, 2.45) is 11.8 Å². The lowest BCUT2D eigenvalue weighted by Gasteiger charge is -2.28. The van der Waals surface area contributed by atoms with Crippen molar-refractivity contribution in [2.45, 2.75) is 39.0 Å². The summed E-state index contributed by atoms with van der Waals surface area (Å²) in [6.07, 6.45) is 4.85. The molecule has 4 nitrogen and oxygen atoms in total. The highest BCUT2D eigenvalue weighted by molar-refractivity contribution is 5.87. The lowest BCUT2D eigenvalue weighted by molar-refractivity contribution is -0.134. The van der Waals surface area contributed by atoms with Crippen molar-refractivity contribution >= 4 is 11.7 Å². The van der Waals surface area contributed by atoms with E-state index in [1.807, 2.05) is 14.1 Å². The number of amides is 1. The molecule has 1 aliphatic rings. The Morgan fingerprint density at radius 1 is 1.17 bits per heavy atom. The molecule has 0 aromatic carbocycles. The Balaban J connectivity index is 2.36. The summed E-state index contributed by atoms with van der Waals surface area (Å²) in [5, 5.41) is 2.97. The number of nitrogens with one attached hydrogen (secondary N) is 1. The molecule has 104 valence electrons. The molecule has 1 rings (SSSR count). The Morgan fingerprint density at radius 2 is 1.78 bits per heavy atom. The van der Waals surface area contributed by atoms with Crippen LogP contribution in [0, 0.1) is 11.8 Å². The van der Waals surface area contributed by atoms with Crippen molar-refractivity contribution < 1.29 is 9.59 Å². The maximum atomic E-state index is 12.1. The maximum absolute atomic E-state index is 12.1. The first-order valence-electron chi connectivity index (χ1n) is 6.95. The van der Waals surface area contributed by atoms with Gasteiger partial charge in [0.1, 0.15) is 5.78 Å². The highest BCUT2D eigenvalue weighted by Crippen LogP contribution is 2.30. The molecule has 18 heavy (non-hydrogen) atoms. The van der Waals surface area contributed by atoms with Crippen LogP contribution in [0.3, 0.4) is 0 Å². The molecule has 2 atom stereocenters. The van der Waals surface area contributed by atoms with Gasteiger partial charge in [-0.25, -0.2) is 0 Å². The second-order valence-electron chi connectivity index (χ2n) is 5.56. The van der Waals surface area contributed by atoms with Gasteiger partial charge in [-0.2, -0.15) is 0 Å². The molecule has 0 bridgehead atoms. The third kappa shape index (κ3) is 4.77. The highest BCUT2D eigenvalue weighted by Gasteiger charge is 2.33. The number of carbonyl (C=O) groups excluding carboxylic acids is 2. The zero-order valence-electron chi connectivity index (χ0n) is 11.9. The lowest BCUT2D eigenvalue weighted by Crippen LogP contribution is -2.40. The van der Waals surface area contributed by atoms with E-state index in [1.54, 1.807) is 6.92 Å². The number of rotatable bonds is 6. The normalized spacial score (nSPS) is 24.0. The predicted molar refractivity (Wildman–Crippen MR) is 72.3 cm³/mol. The van der Waals surface area contributed by atoms with E-state index < -0.39 is 0 Å². The van der Waals surface area contributed by atoms with Crippen molar-refractivity contribution in [2.75, 3.05) is 27.2 Å². The minimum absolute atomic E-state index is 0.0485. The predicted octanol–water partition coefficient (Wildman–Crippen LogP) is 1.45. The number of hydrogen-bond acceptors (Lipinski definition) is 3. The van der Waals surface area contributed by atoms with Gasteiger partial charge < -0.3 is 10.2 Å². The molecule has 4 heteroatoms. The summed E-state index contributed by atoms with van der Waals surface area (Å²) in [6, 6.07) is 0. The van der Waals surface area contributed by atoms with Crippen molar-refractivity contribution in [3.05, 3.63) is 0 Å². The summed E-state index contributed by atoms with van der Waals surface area (Å²) in [5.41, 5.74) is 0. The molecule has 0 spiro atoms. The monoisotopic (exact) mass is 254 g/mol. The highest BCUT2D eigenvalue weighted by atomic mass is 16.2. The molecule has 0 saturated heterocycles. The molecule has 0 heterocycles. The molecule has 1 aliphatic carbocycles. The summed E-state index contributed by atoms with van der Waals surface area (Å²) >= 11 is 0. The fourth-order valence-electron chi connectivity index (χ4n) is 2.67. The second kappa shape index (κ2) is 7.52. The topological polar surface area (TPSA) is 49.4 Å². The summed E-state index contributed by atoms with van der Waals surface area (Å²) < 4.78 is 0. The molecule has 0 unspecified atom stereocenters. The average Bonchev–Trinajstić information content (AvgIpc) is 2.34. The summed E-state index contributed by atoms with van der Waals surface area (Å²) in [7, 11) is 4.05. The fraction of sp³-hybridized carbons (Fsp3) is 0.857. The Bertz CT molecular complexity index is 290. The van der Waals surface area contributed by atoms with Crippen LogP contribution in [0.1, 0.15) is 39.0 Å². The first-order valence-corrected chi connectivity index (χ1v) is 6.95. The van der Waals surface area contributed by atoms with Crippen molar-refractivity contribution in [1.29, 1.82) is 0 Å². The smallest absolute Gasteiger partial charge is 0.223 e. The van der Waals surface area contributed by atoms with Gasteiger partial charge in [-0.15, -0.1) is 0 Å². The van der Waals surface area contributed by atoms with Crippen LogP contribution in [0.15, 0.2) is 0 Å². The first-order chi connectivity index (χ1) is 8.52. The van der Waals surface area contributed by atoms with Crippen molar-refractivity contribution in [3.63, 3.8) is 0 Å². The van der Waals surface area contributed by atoms with Gasteiger partial charge in [0.15, 0.2) is 0 Å². The summed E-state index contributed by atoms with van der Waals surface area (Å²) in [5.74, 6) is 0.111. The molecule has 1 N–H and O–H groups in total. The minimum Gasteiger partial charge on any atom is -0.356 e. The lowest BCUT2D eigenvalue weighted by atomic mass is 9.77. The zero-order chi connectivity index (χ0) is 13.5. The molecular weight excluding hydrogens is 228 g/mol. The SMILES string of the molecule is CC(=O)[C@H]1CCCC[C@H]1C(=O)NCCCN(C)C. The van der Waals surface area contributed by atoms with E-state index in [4.69, 9.17) is 0 Å². The van der Waals surface area contributed by atoms with E-state index in [0.29, 0.717) is 6.54 Å². The standard InChI is InChI=1S/C14H26N2O2/c1-11(17)12-7-4-5-8-13(12)14(18)15-9-6-10-16(2)3/h12-13H,4-10H2,1-3H3,(H,15,18)/t12-,13-/m1/s1. The molecule has 0 aromatic heterocycles. The van der Waals surface area contributed by atoms with E-state index in [9.17, 15) is 9.59 Å². The Hall–Kier alpha value is -0.900. The van der Waals surface area contributed by atoms with Crippen LogP contribution < -0.4 is 5.32 Å². The molecule has 1 amide bonds. The van der Waals surface area contributed by atoms with E-state index in [2.05, 4.69) is 10.2 Å². The van der Waals surface area contributed by atoms with Crippen LogP contribution in [-0.2, 0) is 9.59 Å². The fourth-order valence-corrected chi connectivity index (χ4v) is 2.67. The molecule has 1 saturated carbocycles. The number of nitrogens with zero attached hydrogens (tertiary/aromatic N) is 1. The number of hydrogen-bond donors (Lipinski definition) is 1. The summed E-state index contributed by atoms with van der Waals surface area (Å²) in [6.45, 7) is 3.29. The third-order valence-electron chi connectivity index (χ3n) is 3.71. The van der Waals surface area contributed by atoms with Gasteiger partial charge in [-0.3, -0.25) is 9.59 Å². The number of ketones is 1. The van der Waals surface area contributed by atoms with Crippen LogP contribution in [-0.4, -0.2) is 43.8 Å². The molecule has 1 fully saturated rings. The number of Topliss-reactive ketones (excluding diaryl/α,β-unsaturated/α-hetero) is 1. The van der Waals surface area contributed by atoms with Crippen molar-refractivity contribution in [1.82, 2.24) is 10.2 Å². The van der Waals surface area contributed by atoms with E-state index in [1.165, 1.54) is 0 Å². The third-order valence-corrected chi connectivity index (χ3v) is 3.71.